The summed E-state index contributed by atoms with van der Waals surface area (Å²) in [5.74, 6) is 2.10. The van der Waals surface area contributed by atoms with Crippen LogP contribution in [0.5, 0.6) is 23.1 Å². The van der Waals surface area contributed by atoms with Gasteiger partial charge in [0.15, 0.2) is 11.5 Å². The van der Waals surface area contributed by atoms with Crippen LogP contribution >= 0.6 is 0 Å². The highest BCUT2D eigenvalue weighted by Crippen LogP contribution is 2.36. The fourth-order valence-electron chi connectivity index (χ4n) is 2.93. The molecule has 0 bridgehead atoms. The number of hydrogen-bond donors (Lipinski definition) is 1. The summed E-state index contributed by atoms with van der Waals surface area (Å²) in [5, 5.41) is 0.691. The topological polar surface area (TPSA) is 99.8 Å². The van der Waals surface area contributed by atoms with E-state index < -0.39 is 6.03 Å². The van der Waals surface area contributed by atoms with E-state index in [1.165, 1.54) is 6.33 Å². The van der Waals surface area contributed by atoms with Crippen molar-refractivity contribution in [3.8, 4) is 23.1 Å². The maximum absolute atomic E-state index is 11.7. The number of rotatable bonds is 8. The van der Waals surface area contributed by atoms with Crippen LogP contribution in [0.1, 0.15) is 19.8 Å². The Bertz CT molecular complexity index is 992. The van der Waals surface area contributed by atoms with Crippen LogP contribution in [0.2, 0.25) is 0 Å². The highest BCUT2D eigenvalue weighted by atomic mass is 16.5. The number of amides is 2. The molecule has 1 aromatic heterocycles. The van der Waals surface area contributed by atoms with E-state index in [-0.39, 0.29) is 0 Å². The molecule has 2 N–H and O–H groups in total. The van der Waals surface area contributed by atoms with Crippen LogP contribution in [0, 0.1) is 0 Å². The molecule has 0 atom stereocenters. The fraction of sp³-hybridized carbons (Fsp3) is 0.286. The maximum atomic E-state index is 11.7. The summed E-state index contributed by atoms with van der Waals surface area (Å²) < 4.78 is 16.6. The van der Waals surface area contributed by atoms with E-state index in [0.717, 1.165) is 18.5 Å². The highest BCUT2D eigenvalue weighted by Gasteiger charge is 2.14. The molecule has 0 saturated heterocycles. The van der Waals surface area contributed by atoms with Crippen LogP contribution in [0.25, 0.3) is 10.9 Å². The van der Waals surface area contributed by atoms with Gasteiger partial charge in [0.05, 0.1) is 25.1 Å². The van der Waals surface area contributed by atoms with E-state index in [1.54, 1.807) is 55.5 Å². The molecule has 0 saturated carbocycles. The van der Waals surface area contributed by atoms with Crippen molar-refractivity contribution in [3.05, 3.63) is 42.7 Å². The van der Waals surface area contributed by atoms with Crippen molar-refractivity contribution >= 4 is 22.6 Å². The lowest BCUT2D eigenvalue weighted by molar-refractivity contribution is 0.254. The summed E-state index contributed by atoms with van der Waals surface area (Å²) in [5.41, 5.74) is 6.89. The van der Waals surface area contributed by atoms with Crippen molar-refractivity contribution in [1.82, 2.24) is 9.97 Å². The minimum atomic E-state index is -0.477. The Morgan fingerprint density at radius 3 is 2.38 bits per heavy atom. The third kappa shape index (κ3) is 4.48. The number of nitrogens with two attached hydrogens (primary N) is 1. The first-order valence-electron chi connectivity index (χ1n) is 9.29. The minimum Gasteiger partial charge on any atom is -0.493 e. The van der Waals surface area contributed by atoms with Crippen LogP contribution < -0.4 is 24.8 Å². The maximum Gasteiger partial charge on any atom is 0.319 e. The number of carbonyl (C=O) groups excluding carboxylic acids is 1. The molecule has 8 heteroatoms. The number of urea groups is 1. The predicted octanol–water partition coefficient (Wildman–Crippen LogP) is 4.12. The number of fused-ring (bicyclic) bond motifs is 1. The monoisotopic (exact) mass is 396 g/mol. The average Bonchev–Trinajstić information content (AvgIpc) is 2.74. The van der Waals surface area contributed by atoms with Gasteiger partial charge >= 0.3 is 6.03 Å². The number of primary amides is 1. The molecule has 3 rings (SSSR count). The number of hydrogen-bond acceptors (Lipinski definition) is 6. The smallest absolute Gasteiger partial charge is 0.319 e. The molecule has 0 aliphatic heterocycles. The van der Waals surface area contributed by atoms with Crippen LogP contribution in [0.4, 0.5) is 10.5 Å². The van der Waals surface area contributed by atoms with E-state index in [9.17, 15) is 4.79 Å². The number of ether oxygens (including phenoxy) is 3. The molecule has 0 aliphatic carbocycles. The molecule has 0 aliphatic rings. The Morgan fingerprint density at radius 2 is 1.76 bits per heavy atom. The Labute approximate surface area is 169 Å². The Hall–Kier alpha value is -3.55. The van der Waals surface area contributed by atoms with Crippen molar-refractivity contribution in [3.63, 3.8) is 0 Å². The van der Waals surface area contributed by atoms with Gasteiger partial charge in [0, 0.05) is 18.3 Å². The molecular weight excluding hydrogens is 372 g/mol. The molecule has 1 heterocycles. The minimum absolute atomic E-state index is 0.390. The largest absolute Gasteiger partial charge is 0.493 e. The molecule has 0 radical (unpaired) electrons. The standard InChI is InChI=1S/C21H24N4O4/c1-4-5-10-25(21(22)26)14-6-8-15(9-7-14)29-20-16-11-18(27-2)19(28-3)12-17(16)23-13-24-20/h6-9,11-13H,4-5,10H2,1-3H3,(H2,22,26). The molecule has 3 aromatic rings. The zero-order chi connectivity index (χ0) is 20.8. The van der Waals surface area contributed by atoms with Gasteiger partial charge in [-0.05, 0) is 36.8 Å². The summed E-state index contributed by atoms with van der Waals surface area (Å²) in [6.07, 6.45) is 3.27. The van der Waals surface area contributed by atoms with Gasteiger partial charge in [-0.15, -0.1) is 0 Å². The summed E-state index contributed by atoms with van der Waals surface area (Å²) in [6.45, 7) is 2.64. The molecule has 0 unspecified atom stereocenters. The van der Waals surface area contributed by atoms with Crippen LogP contribution in [-0.2, 0) is 0 Å². The lowest BCUT2D eigenvalue weighted by atomic mass is 10.2. The SMILES string of the molecule is CCCCN(C(N)=O)c1ccc(Oc2ncnc3cc(OC)c(OC)cc23)cc1. The Balaban J connectivity index is 1.88. The zero-order valence-corrected chi connectivity index (χ0v) is 16.7. The average molecular weight is 396 g/mol. The number of unbranched alkanes of at least 4 members (excludes halogenated alkanes) is 1. The molecule has 152 valence electrons. The number of aromatic nitrogens is 2. The summed E-state index contributed by atoms with van der Waals surface area (Å²) in [7, 11) is 3.13. The Kier molecular flexibility index (Phi) is 6.33. The van der Waals surface area contributed by atoms with E-state index >= 15 is 0 Å². The van der Waals surface area contributed by atoms with Crippen LogP contribution in [-0.4, -0.2) is 36.8 Å². The lowest BCUT2D eigenvalue weighted by Gasteiger charge is -2.20. The van der Waals surface area contributed by atoms with Crippen molar-refractivity contribution in [1.29, 1.82) is 0 Å². The van der Waals surface area contributed by atoms with Gasteiger partial charge in [-0.3, -0.25) is 4.90 Å². The number of methoxy groups -OCH3 is 2. The first-order valence-corrected chi connectivity index (χ1v) is 9.29. The third-order valence-electron chi connectivity index (χ3n) is 4.47. The van der Waals surface area contributed by atoms with E-state index in [0.29, 0.717) is 40.6 Å². The van der Waals surface area contributed by atoms with E-state index in [2.05, 4.69) is 16.9 Å². The summed E-state index contributed by atoms with van der Waals surface area (Å²) in [6, 6.07) is 10.2. The third-order valence-corrected chi connectivity index (χ3v) is 4.47. The van der Waals surface area contributed by atoms with Gasteiger partial charge in [-0.2, -0.15) is 0 Å². The number of carbonyl (C=O) groups is 1. The van der Waals surface area contributed by atoms with Gasteiger partial charge in [-0.1, -0.05) is 13.3 Å². The van der Waals surface area contributed by atoms with Gasteiger partial charge < -0.3 is 19.9 Å². The van der Waals surface area contributed by atoms with Gasteiger partial charge in [0.25, 0.3) is 0 Å². The first-order chi connectivity index (χ1) is 14.1. The number of anilines is 1. The quantitative estimate of drug-likeness (QED) is 0.615. The number of benzene rings is 2. The summed E-state index contributed by atoms with van der Waals surface area (Å²) >= 11 is 0. The second-order valence-corrected chi connectivity index (χ2v) is 6.34. The molecule has 0 spiro atoms. The van der Waals surface area contributed by atoms with Gasteiger partial charge in [0.2, 0.25) is 5.88 Å². The second-order valence-electron chi connectivity index (χ2n) is 6.34. The molecule has 8 nitrogen and oxygen atoms in total. The van der Waals surface area contributed by atoms with Crippen molar-refractivity contribution in [2.75, 3.05) is 25.7 Å². The number of nitrogens with zero attached hydrogens (tertiary/aromatic N) is 3. The van der Waals surface area contributed by atoms with Crippen LogP contribution in [0.15, 0.2) is 42.7 Å². The summed E-state index contributed by atoms with van der Waals surface area (Å²) in [4.78, 5) is 21.8. The normalized spacial score (nSPS) is 10.6. The second kappa shape index (κ2) is 9.09. The molecular formula is C21H24N4O4. The Morgan fingerprint density at radius 1 is 1.07 bits per heavy atom. The highest BCUT2D eigenvalue weighted by molar-refractivity contribution is 5.90. The zero-order valence-electron chi connectivity index (χ0n) is 16.7. The molecule has 2 aromatic carbocycles. The van der Waals surface area contributed by atoms with Crippen molar-refractivity contribution in [2.24, 2.45) is 5.73 Å². The van der Waals surface area contributed by atoms with Crippen molar-refractivity contribution < 1.29 is 19.0 Å². The van der Waals surface area contributed by atoms with Gasteiger partial charge in [-0.25, -0.2) is 14.8 Å². The van der Waals surface area contributed by atoms with E-state index in [1.807, 2.05) is 0 Å². The lowest BCUT2D eigenvalue weighted by Crippen LogP contribution is -2.36. The fourth-order valence-corrected chi connectivity index (χ4v) is 2.93. The molecule has 29 heavy (non-hydrogen) atoms. The molecule has 0 fully saturated rings. The van der Waals surface area contributed by atoms with Crippen molar-refractivity contribution in [2.45, 2.75) is 19.8 Å². The first kappa shape index (κ1) is 20.2. The van der Waals surface area contributed by atoms with Crippen LogP contribution in [0.3, 0.4) is 0 Å². The predicted molar refractivity (Wildman–Crippen MR) is 111 cm³/mol. The van der Waals surface area contributed by atoms with Gasteiger partial charge in [0.1, 0.15) is 12.1 Å². The van der Waals surface area contributed by atoms with E-state index in [4.69, 9.17) is 19.9 Å². The molecule has 2 amide bonds.